The van der Waals surface area contributed by atoms with E-state index in [0.717, 1.165) is 47.0 Å². The van der Waals surface area contributed by atoms with Gasteiger partial charge in [0.25, 0.3) is 0 Å². The summed E-state index contributed by atoms with van der Waals surface area (Å²) >= 11 is 0. The molecule has 0 amide bonds. The van der Waals surface area contributed by atoms with Crippen molar-refractivity contribution >= 4 is 29.2 Å². The fourth-order valence-corrected chi connectivity index (χ4v) is 3.89. The quantitative estimate of drug-likeness (QED) is 0.292. The second-order valence-corrected chi connectivity index (χ2v) is 7.86. The maximum Gasteiger partial charge on any atom is 0.330 e. The van der Waals surface area contributed by atoms with Crippen LogP contribution in [0, 0.1) is 0 Å². The second kappa shape index (κ2) is 9.70. The van der Waals surface area contributed by atoms with Crippen molar-refractivity contribution in [3.63, 3.8) is 0 Å². The number of pyridine rings is 1. The van der Waals surface area contributed by atoms with Crippen LogP contribution >= 0.6 is 0 Å². The van der Waals surface area contributed by atoms with Crippen LogP contribution in [0.25, 0.3) is 11.7 Å². The van der Waals surface area contributed by atoms with Crippen LogP contribution in [0.5, 0.6) is 11.5 Å². The molecule has 1 aliphatic rings. The summed E-state index contributed by atoms with van der Waals surface area (Å²) in [5, 5.41) is 3.52. The summed E-state index contributed by atoms with van der Waals surface area (Å²) in [5.74, 6) is 1.95. The van der Waals surface area contributed by atoms with Gasteiger partial charge >= 0.3 is 5.97 Å². The summed E-state index contributed by atoms with van der Waals surface area (Å²) in [6.45, 7) is 2.36. The van der Waals surface area contributed by atoms with Gasteiger partial charge in [-0.2, -0.15) is 0 Å². The third-order valence-corrected chi connectivity index (χ3v) is 5.54. The van der Waals surface area contributed by atoms with Gasteiger partial charge in [-0.1, -0.05) is 30.3 Å². The molecule has 0 atom stereocenters. The molecule has 172 valence electrons. The number of hydrogen-bond donors (Lipinski definition) is 1. The van der Waals surface area contributed by atoms with Gasteiger partial charge in [0, 0.05) is 24.0 Å². The summed E-state index contributed by atoms with van der Waals surface area (Å²) in [5.41, 5.74) is 4.76. The molecule has 0 saturated carbocycles. The number of nitrogens with zero attached hydrogens (tertiary/aromatic N) is 2. The number of hydrogen-bond acceptors (Lipinski definition) is 6. The van der Waals surface area contributed by atoms with Crippen molar-refractivity contribution in [2.45, 2.75) is 19.8 Å². The topological polar surface area (TPSA) is 74.1 Å². The van der Waals surface area contributed by atoms with E-state index >= 15 is 0 Å². The van der Waals surface area contributed by atoms with Gasteiger partial charge in [-0.15, -0.1) is 0 Å². The van der Waals surface area contributed by atoms with Crippen LogP contribution in [0.3, 0.4) is 0 Å². The van der Waals surface area contributed by atoms with Crippen molar-refractivity contribution in [2.75, 3.05) is 18.7 Å². The predicted octanol–water partition coefficient (Wildman–Crippen LogP) is 5.17. The Morgan fingerprint density at radius 2 is 1.94 bits per heavy atom. The zero-order valence-electron chi connectivity index (χ0n) is 18.9. The average Bonchev–Trinajstić information content (AvgIpc) is 3.46. The van der Waals surface area contributed by atoms with Crippen molar-refractivity contribution < 1.29 is 19.0 Å². The first-order chi connectivity index (χ1) is 16.7. The van der Waals surface area contributed by atoms with E-state index in [-0.39, 0.29) is 12.8 Å². The molecule has 0 aliphatic carbocycles. The van der Waals surface area contributed by atoms with Crippen molar-refractivity contribution in [1.29, 1.82) is 0 Å². The van der Waals surface area contributed by atoms with E-state index in [4.69, 9.17) is 19.2 Å². The Balaban J connectivity index is 1.49. The molecule has 34 heavy (non-hydrogen) atoms. The minimum absolute atomic E-state index is 0.229. The molecule has 0 spiro atoms. The monoisotopic (exact) mass is 455 g/mol. The zero-order valence-corrected chi connectivity index (χ0v) is 18.9. The summed E-state index contributed by atoms with van der Waals surface area (Å²) in [4.78, 5) is 16.6. The van der Waals surface area contributed by atoms with E-state index in [9.17, 15) is 4.79 Å². The second-order valence-electron chi connectivity index (χ2n) is 7.86. The Morgan fingerprint density at radius 1 is 1.09 bits per heavy atom. The lowest BCUT2D eigenvalue weighted by Crippen LogP contribution is -2.01. The number of benzene rings is 2. The first kappa shape index (κ1) is 21.6. The number of ether oxygens (including phenoxy) is 3. The number of carbonyl (C=O) groups excluding carboxylic acids is 1. The lowest BCUT2D eigenvalue weighted by Gasteiger charge is -2.10. The molecule has 0 bridgehead atoms. The van der Waals surface area contributed by atoms with Gasteiger partial charge in [-0.05, 0) is 61.2 Å². The molecular formula is C27H25N3O4. The highest BCUT2D eigenvalue weighted by Crippen LogP contribution is 2.35. The molecule has 7 heteroatoms. The fraction of sp³-hybridized carbons (Fsp3) is 0.185. The first-order valence-electron chi connectivity index (χ1n) is 11.3. The third-order valence-electron chi connectivity index (χ3n) is 5.54. The van der Waals surface area contributed by atoms with Gasteiger partial charge in [0.15, 0.2) is 11.5 Å². The summed E-state index contributed by atoms with van der Waals surface area (Å²) < 4.78 is 18.0. The molecule has 0 saturated heterocycles. The van der Waals surface area contributed by atoms with Crippen LogP contribution in [0.4, 0.5) is 11.5 Å². The zero-order chi connectivity index (χ0) is 23.3. The van der Waals surface area contributed by atoms with Crippen LogP contribution in [0.1, 0.15) is 23.7 Å². The number of aromatic nitrogens is 2. The number of anilines is 2. The Labute approximate surface area is 197 Å². The Bertz CT molecular complexity index is 1350. The first-order valence-corrected chi connectivity index (χ1v) is 11.3. The van der Waals surface area contributed by atoms with E-state index in [1.54, 1.807) is 13.0 Å². The Morgan fingerprint density at radius 3 is 2.79 bits per heavy atom. The van der Waals surface area contributed by atoms with Crippen LogP contribution in [0.15, 0.2) is 72.9 Å². The van der Waals surface area contributed by atoms with Gasteiger partial charge in [-0.3, -0.25) is 4.40 Å². The van der Waals surface area contributed by atoms with Gasteiger partial charge in [0.2, 0.25) is 6.79 Å². The molecule has 0 fully saturated rings. The molecule has 7 nitrogen and oxygen atoms in total. The Hall–Kier alpha value is -4.26. The standard InChI is InChI=1S/C27H25N3O4/c1-2-32-26(31)15-10-20-9-14-25-29-22(12-8-19-6-4-3-5-7-19)27(30(25)17-20)28-21-11-13-23-24(16-21)34-18-33-23/h3-7,9-11,13-17,28H,2,8,12,18H2,1H3. The highest BCUT2D eigenvalue weighted by atomic mass is 16.7. The largest absolute Gasteiger partial charge is 0.463 e. The number of carbonyl (C=O) groups is 1. The minimum Gasteiger partial charge on any atom is -0.463 e. The number of aryl methyl sites for hydroxylation is 2. The molecule has 2 aromatic carbocycles. The van der Waals surface area contributed by atoms with E-state index in [0.29, 0.717) is 12.4 Å². The van der Waals surface area contributed by atoms with E-state index in [1.807, 2.05) is 59.1 Å². The highest BCUT2D eigenvalue weighted by Gasteiger charge is 2.17. The van der Waals surface area contributed by atoms with Crippen molar-refractivity contribution in [2.24, 2.45) is 0 Å². The predicted molar refractivity (Wildman–Crippen MR) is 131 cm³/mol. The van der Waals surface area contributed by atoms with Crippen LogP contribution in [-0.4, -0.2) is 28.8 Å². The fourth-order valence-electron chi connectivity index (χ4n) is 3.89. The van der Waals surface area contributed by atoms with Crippen molar-refractivity contribution in [3.8, 4) is 11.5 Å². The number of imidazole rings is 1. The average molecular weight is 456 g/mol. The van der Waals surface area contributed by atoms with Gasteiger partial charge in [-0.25, -0.2) is 9.78 Å². The van der Waals surface area contributed by atoms with Crippen molar-refractivity contribution in [1.82, 2.24) is 9.38 Å². The van der Waals surface area contributed by atoms with Crippen LogP contribution < -0.4 is 14.8 Å². The van der Waals surface area contributed by atoms with Crippen LogP contribution in [0.2, 0.25) is 0 Å². The molecule has 4 aromatic rings. The normalized spacial score (nSPS) is 12.4. The minimum atomic E-state index is -0.365. The van der Waals surface area contributed by atoms with E-state index in [1.165, 1.54) is 11.6 Å². The van der Waals surface area contributed by atoms with Gasteiger partial charge in [0.05, 0.1) is 12.3 Å². The van der Waals surface area contributed by atoms with Gasteiger partial charge in [0.1, 0.15) is 11.5 Å². The van der Waals surface area contributed by atoms with Gasteiger partial charge < -0.3 is 19.5 Å². The summed E-state index contributed by atoms with van der Waals surface area (Å²) in [6.07, 6.45) is 6.77. The van der Waals surface area contributed by atoms with E-state index < -0.39 is 0 Å². The maximum absolute atomic E-state index is 11.7. The summed E-state index contributed by atoms with van der Waals surface area (Å²) in [6, 6.07) is 20.0. The maximum atomic E-state index is 11.7. The molecule has 1 aliphatic heterocycles. The number of esters is 1. The molecule has 0 unspecified atom stereocenters. The third kappa shape index (κ3) is 4.73. The highest BCUT2D eigenvalue weighted by molar-refractivity contribution is 5.87. The number of rotatable bonds is 8. The molecular weight excluding hydrogens is 430 g/mol. The SMILES string of the molecule is CCOC(=O)C=Cc1ccc2nc(CCc3ccccc3)c(Nc3ccc4c(c3)OCO4)n2c1. The molecule has 0 radical (unpaired) electrons. The molecule has 5 rings (SSSR count). The lowest BCUT2D eigenvalue weighted by atomic mass is 10.1. The Kier molecular flexibility index (Phi) is 6.16. The van der Waals surface area contributed by atoms with Crippen molar-refractivity contribution in [3.05, 3.63) is 89.8 Å². The van der Waals surface area contributed by atoms with E-state index in [2.05, 4.69) is 17.4 Å². The smallest absolute Gasteiger partial charge is 0.330 e. The number of nitrogens with one attached hydrogen (secondary N) is 1. The van der Waals surface area contributed by atoms with Crippen LogP contribution in [-0.2, 0) is 22.4 Å². The summed E-state index contributed by atoms with van der Waals surface area (Å²) in [7, 11) is 0. The number of fused-ring (bicyclic) bond motifs is 2. The molecule has 1 N–H and O–H groups in total. The molecule has 3 heterocycles. The molecule has 2 aromatic heterocycles. The lowest BCUT2D eigenvalue weighted by molar-refractivity contribution is -0.137.